The molecule has 1 unspecified atom stereocenters. The number of nitrogens with zero attached hydrogens (tertiary/aromatic N) is 2. The number of benzene rings is 1. The number of para-hydroxylation sites is 1. The lowest BCUT2D eigenvalue weighted by atomic mass is 9.97. The number of carbonyl (C=O) groups excluding carboxylic acids is 1. The Morgan fingerprint density at radius 2 is 2.00 bits per heavy atom. The molecule has 1 heterocycles. The predicted octanol–water partition coefficient (Wildman–Crippen LogP) is 3.45. The van der Waals surface area contributed by atoms with Gasteiger partial charge in [-0.3, -0.25) is 4.79 Å². The fraction of sp³-hybridized carbons (Fsp3) is 0.600. The molecule has 2 rings (SSSR count). The first-order valence-electron chi connectivity index (χ1n) is 9.66. The second-order valence-electron chi connectivity index (χ2n) is 6.57. The molecule has 1 aromatic carbocycles. The third-order valence-electron chi connectivity index (χ3n) is 4.41. The highest BCUT2D eigenvalue weighted by Crippen LogP contribution is 2.19. The first kappa shape index (κ1) is 24.5. The summed E-state index contributed by atoms with van der Waals surface area (Å²) in [6, 6.07) is 6.37. The average Bonchev–Trinajstić information content (AvgIpc) is 2.67. The summed E-state index contributed by atoms with van der Waals surface area (Å²) in [6.45, 7) is 8.78. The van der Waals surface area contributed by atoms with Gasteiger partial charge in [-0.05, 0) is 45.7 Å². The number of likely N-dealkylation sites (tertiary alicyclic amines) is 1. The zero-order chi connectivity index (χ0) is 19.6. The average molecular weight is 507 g/mol. The van der Waals surface area contributed by atoms with Crippen LogP contribution in [0.2, 0.25) is 0 Å². The molecule has 0 radical (unpaired) electrons. The van der Waals surface area contributed by atoms with Crippen LogP contribution in [0, 0.1) is 11.7 Å². The van der Waals surface area contributed by atoms with Gasteiger partial charge in [-0.1, -0.05) is 12.1 Å². The van der Waals surface area contributed by atoms with E-state index >= 15 is 0 Å². The minimum Gasteiger partial charge on any atom is -0.486 e. The summed E-state index contributed by atoms with van der Waals surface area (Å²) in [5.74, 6) is 0.518. The molecule has 0 bridgehead atoms. The molecule has 1 aliphatic heterocycles. The predicted molar refractivity (Wildman–Crippen MR) is 119 cm³/mol. The molecule has 1 fully saturated rings. The molecule has 1 atom stereocenters. The van der Waals surface area contributed by atoms with E-state index in [-0.39, 0.29) is 53.5 Å². The van der Waals surface area contributed by atoms with E-state index in [4.69, 9.17) is 9.47 Å². The largest absolute Gasteiger partial charge is 0.486 e. The van der Waals surface area contributed by atoms with E-state index in [2.05, 4.69) is 15.2 Å². The standard InChI is InChI=1S/C20H30FN3O3.HI/c1-4-22-20(24-12-10-16(11-13-24)19(25)26-5-2)23-14-15(3)27-18-9-7-6-8-17(18)21;/h6-9,15-16H,4-5,10-14H2,1-3H3,(H,22,23);1H. The monoisotopic (exact) mass is 507 g/mol. The van der Waals surface area contributed by atoms with E-state index in [9.17, 15) is 9.18 Å². The van der Waals surface area contributed by atoms with Crippen LogP contribution < -0.4 is 10.1 Å². The molecule has 1 aromatic rings. The van der Waals surface area contributed by atoms with E-state index < -0.39 is 0 Å². The maximum atomic E-state index is 13.7. The summed E-state index contributed by atoms with van der Waals surface area (Å²) < 4.78 is 24.5. The second kappa shape index (κ2) is 12.8. The summed E-state index contributed by atoms with van der Waals surface area (Å²) in [5, 5.41) is 3.28. The van der Waals surface area contributed by atoms with Crippen molar-refractivity contribution >= 4 is 35.9 Å². The van der Waals surface area contributed by atoms with Crippen LogP contribution in [0.5, 0.6) is 5.75 Å². The molecule has 1 saturated heterocycles. The van der Waals surface area contributed by atoms with Crippen LogP contribution in [-0.2, 0) is 9.53 Å². The topological polar surface area (TPSA) is 63.2 Å². The Balaban J connectivity index is 0.00000392. The van der Waals surface area contributed by atoms with Crippen LogP contribution >= 0.6 is 24.0 Å². The van der Waals surface area contributed by atoms with Gasteiger partial charge in [0.15, 0.2) is 17.5 Å². The van der Waals surface area contributed by atoms with Crippen LogP contribution in [0.15, 0.2) is 29.3 Å². The molecule has 28 heavy (non-hydrogen) atoms. The van der Waals surface area contributed by atoms with Gasteiger partial charge in [0.2, 0.25) is 0 Å². The normalized spacial score (nSPS) is 16.1. The molecule has 0 aliphatic carbocycles. The third kappa shape index (κ3) is 7.44. The van der Waals surface area contributed by atoms with Crippen molar-refractivity contribution in [1.82, 2.24) is 10.2 Å². The number of guanidine groups is 1. The lowest BCUT2D eigenvalue weighted by Crippen LogP contribution is -2.47. The fourth-order valence-corrected chi connectivity index (χ4v) is 3.02. The maximum Gasteiger partial charge on any atom is 0.309 e. The molecule has 0 aromatic heterocycles. The van der Waals surface area contributed by atoms with Crippen molar-refractivity contribution in [2.24, 2.45) is 10.9 Å². The Hall–Kier alpha value is -1.58. The molecule has 1 aliphatic rings. The number of ether oxygens (including phenoxy) is 2. The van der Waals surface area contributed by atoms with Crippen LogP contribution in [-0.4, -0.2) is 55.7 Å². The van der Waals surface area contributed by atoms with E-state index in [0.717, 1.165) is 38.4 Å². The van der Waals surface area contributed by atoms with Crippen molar-refractivity contribution in [3.8, 4) is 5.75 Å². The Labute approximate surface area is 183 Å². The van der Waals surface area contributed by atoms with E-state index in [1.54, 1.807) is 18.2 Å². The summed E-state index contributed by atoms with van der Waals surface area (Å²) in [5.41, 5.74) is 0. The van der Waals surface area contributed by atoms with Crippen LogP contribution in [0.25, 0.3) is 0 Å². The fourth-order valence-electron chi connectivity index (χ4n) is 3.02. The van der Waals surface area contributed by atoms with Gasteiger partial charge in [-0.2, -0.15) is 0 Å². The number of rotatable bonds is 7. The molecule has 0 saturated carbocycles. The highest BCUT2D eigenvalue weighted by atomic mass is 127. The Morgan fingerprint density at radius 3 is 2.61 bits per heavy atom. The molecular weight excluding hydrogens is 476 g/mol. The maximum absolute atomic E-state index is 13.7. The molecule has 158 valence electrons. The van der Waals surface area contributed by atoms with E-state index in [1.807, 2.05) is 20.8 Å². The van der Waals surface area contributed by atoms with Crippen LogP contribution in [0.3, 0.4) is 0 Å². The lowest BCUT2D eigenvalue weighted by molar-refractivity contribution is -0.149. The molecule has 1 N–H and O–H groups in total. The van der Waals surface area contributed by atoms with Gasteiger partial charge in [-0.25, -0.2) is 9.38 Å². The number of halogens is 2. The van der Waals surface area contributed by atoms with Gasteiger partial charge in [0, 0.05) is 19.6 Å². The van der Waals surface area contributed by atoms with Crippen molar-refractivity contribution in [3.63, 3.8) is 0 Å². The highest BCUT2D eigenvalue weighted by Gasteiger charge is 2.27. The zero-order valence-electron chi connectivity index (χ0n) is 16.8. The lowest BCUT2D eigenvalue weighted by Gasteiger charge is -2.33. The quantitative estimate of drug-likeness (QED) is 0.265. The number of nitrogens with one attached hydrogen (secondary N) is 1. The molecule has 0 spiro atoms. The Kier molecular flexibility index (Phi) is 11.2. The zero-order valence-corrected chi connectivity index (χ0v) is 19.1. The van der Waals surface area contributed by atoms with Gasteiger partial charge < -0.3 is 19.7 Å². The van der Waals surface area contributed by atoms with Gasteiger partial charge in [0.25, 0.3) is 0 Å². The van der Waals surface area contributed by atoms with Gasteiger partial charge in [-0.15, -0.1) is 24.0 Å². The third-order valence-corrected chi connectivity index (χ3v) is 4.41. The molecular formula is C20H31FIN3O3. The summed E-state index contributed by atoms with van der Waals surface area (Å²) in [4.78, 5) is 18.7. The van der Waals surface area contributed by atoms with Crippen molar-refractivity contribution in [2.75, 3.05) is 32.8 Å². The second-order valence-corrected chi connectivity index (χ2v) is 6.57. The Morgan fingerprint density at radius 1 is 1.32 bits per heavy atom. The first-order valence-corrected chi connectivity index (χ1v) is 9.66. The number of hydrogen-bond donors (Lipinski definition) is 1. The minimum atomic E-state index is -0.374. The van der Waals surface area contributed by atoms with Crippen LogP contribution in [0.1, 0.15) is 33.6 Å². The Bertz CT molecular complexity index is 637. The molecule has 0 amide bonds. The van der Waals surface area contributed by atoms with Crippen molar-refractivity contribution < 1.29 is 18.7 Å². The number of carbonyl (C=O) groups is 1. The van der Waals surface area contributed by atoms with Crippen molar-refractivity contribution in [1.29, 1.82) is 0 Å². The number of hydrogen-bond acceptors (Lipinski definition) is 4. The minimum absolute atomic E-state index is 0. The van der Waals surface area contributed by atoms with Crippen LogP contribution in [0.4, 0.5) is 4.39 Å². The van der Waals surface area contributed by atoms with E-state index in [1.165, 1.54) is 6.07 Å². The molecule has 8 heteroatoms. The first-order chi connectivity index (χ1) is 13.0. The van der Waals surface area contributed by atoms with Gasteiger partial charge >= 0.3 is 5.97 Å². The van der Waals surface area contributed by atoms with Crippen molar-refractivity contribution in [3.05, 3.63) is 30.1 Å². The number of esters is 1. The van der Waals surface area contributed by atoms with Crippen molar-refractivity contribution in [2.45, 2.75) is 39.7 Å². The molecule has 6 nitrogen and oxygen atoms in total. The number of aliphatic imine (C=N–C) groups is 1. The number of piperidine rings is 1. The summed E-state index contributed by atoms with van der Waals surface area (Å²) in [7, 11) is 0. The van der Waals surface area contributed by atoms with Gasteiger partial charge in [0.1, 0.15) is 6.10 Å². The highest BCUT2D eigenvalue weighted by molar-refractivity contribution is 14.0. The smallest absolute Gasteiger partial charge is 0.309 e. The SMILES string of the molecule is CCNC(=NCC(C)Oc1ccccc1F)N1CCC(C(=O)OCC)CC1.I. The van der Waals surface area contributed by atoms with E-state index in [0.29, 0.717) is 13.2 Å². The summed E-state index contributed by atoms with van der Waals surface area (Å²) in [6.07, 6.45) is 1.25. The summed E-state index contributed by atoms with van der Waals surface area (Å²) >= 11 is 0. The van der Waals surface area contributed by atoms with Gasteiger partial charge in [0.05, 0.1) is 19.1 Å².